The van der Waals surface area contributed by atoms with Crippen molar-refractivity contribution in [2.24, 2.45) is 5.73 Å². The standard InChI is InChI=1S/C9H12N2O4/c1-5-8(13)7(12)2-3-11(5)4-6(10)9(14)15/h2-3,6,13H,4,10H2,1H3,(H,14,15). The van der Waals surface area contributed by atoms with Gasteiger partial charge in [-0.2, -0.15) is 0 Å². The Kier molecular flexibility index (Phi) is 3.11. The zero-order chi connectivity index (χ0) is 11.6. The number of aliphatic carboxylic acids is 1. The lowest BCUT2D eigenvalue weighted by Crippen LogP contribution is -2.35. The molecule has 0 saturated heterocycles. The van der Waals surface area contributed by atoms with Crippen LogP contribution >= 0.6 is 0 Å². The van der Waals surface area contributed by atoms with Crippen molar-refractivity contribution in [3.8, 4) is 5.75 Å². The van der Waals surface area contributed by atoms with Crippen molar-refractivity contribution in [2.75, 3.05) is 0 Å². The molecule has 0 radical (unpaired) electrons. The van der Waals surface area contributed by atoms with Gasteiger partial charge in [0.1, 0.15) is 6.04 Å². The maximum Gasteiger partial charge on any atom is 0.322 e. The van der Waals surface area contributed by atoms with Gasteiger partial charge in [0, 0.05) is 18.8 Å². The summed E-state index contributed by atoms with van der Waals surface area (Å²) < 4.78 is 1.43. The Morgan fingerprint density at radius 2 is 2.27 bits per heavy atom. The van der Waals surface area contributed by atoms with Crippen molar-refractivity contribution in [3.05, 3.63) is 28.2 Å². The predicted octanol–water partition coefficient (Wildman–Crippen LogP) is -0.726. The summed E-state index contributed by atoms with van der Waals surface area (Å²) in [5, 5.41) is 17.9. The quantitative estimate of drug-likeness (QED) is 0.612. The van der Waals surface area contributed by atoms with Gasteiger partial charge in [-0.1, -0.05) is 0 Å². The number of hydrogen-bond acceptors (Lipinski definition) is 4. The van der Waals surface area contributed by atoms with Gasteiger partial charge in [-0.05, 0) is 6.92 Å². The van der Waals surface area contributed by atoms with Gasteiger partial charge in [-0.15, -0.1) is 0 Å². The highest BCUT2D eigenvalue weighted by Gasteiger charge is 2.14. The van der Waals surface area contributed by atoms with Gasteiger partial charge in [-0.25, -0.2) is 0 Å². The van der Waals surface area contributed by atoms with E-state index in [2.05, 4.69) is 0 Å². The van der Waals surface area contributed by atoms with Crippen LogP contribution in [-0.2, 0) is 11.3 Å². The molecule has 4 N–H and O–H groups in total. The van der Waals surface area contributed by atoms with Crippen LogP contribution in [0.1, 0.15) is 5.69 Å². The van der Waals surface area contributed by atoms with Crippen molar-refractivity contribution in [2.45, 2.75) is 19.5 Å². The van der Waals surface area contributed by atoms with Gasteiger partial charge in [0.25, 0.3) is 0 Å². The highest BCUT2D eigenvalue weighted by Crippen LogP contribution is 2.09. The molecule has 0 saturated carbocycles. The Bertz CT molecular complexity index is 438. The number of rotatable bonds is 3. The molecule has 1 rings (SSSR count). The first-order valence-electron chi connectivity index (χ1n) is 4.31. The molecule has 1 aromatic heterocycles. The molecular weight excluding hydrogens is 200 g/mol. The molecule has 0 aliphatic rings. The van der Waals surface area contributed by atoms with E-state index in [0.29, 0.717) is 5.69 Å². The van der Waals surface area contributed by atoms with Crippen LogP contribution in [0.2, 0.25) is 0 Å². The molecule has 6 nitrogen and oxygen atoms in total. The normalized spacial score (nSPS) is 12.4. The van der Waals surface area contributed by atoms with E-state index in [9.17, 15) is 14.7 Å². The lowest BCUT2D eigenvalue weighted by molar-refractivity contribution is -0.138. The van der Waals surface area contributed by atoms with Crippen LogP contribution in [0.3, 0.4) is 0 Å². The molecule has 0 aromatic carbocycles. The smallest absolute Gasteiger partial charge is 0.322 e. The summed E-state index contributed by atoms with van der Waals surface area (Å²) >= 11 is 0. The maximum atomic E-state index is 11.0. The second kappa shape index (κ2) is 4.14. The van der Waals surface area contributed by atoms with Crippen molar-refractivity contribution in [1.82, 2.24) is 4.57 Å². The van der Waals surface area contributed by atoms with E-state index in [1.165, 1.54) is 17.7 Å². The topological polar surface area (TPSA) is 106 Å². The van der Waals surface area contributed by atoms with Crippen LogP contribution < -0.4 is 11.2 Å². The third-order valence-electron chi connectivity index (χ3n) is 2.12. The number of aromatic nitrogens is 1. The van der Waals surface area contributed by atoms with E-state index in [1.54, 1.807) is 0 Å². The summed E-state index contributed by atoms with van der Waals surface area (Å²) in [6.07, 6.45) is 1.40. The molecule has 15 heavy (non-hydrogen) atoms. The summed E-state index contributed by atoms with van der Waals surface area (Å²) in [7, 11) is 0. The first-order valence-corrected chi connectivity index (χ1v) is 4.31. The van der Waals surface area contributed by atoms with Gasteiger partial charge in [0.2, 0.25) is 5.43 Å². The first kappa shape index (κ1) is 11.3. The summed E-state index contributed by atoms with van der Waals surface area (Å²) in [6, 6.07) is 0.0993. The molecule has 0 aliphatic carbocycles. The summed E-state index contributed by atoms with van der Waals surface area (Å²) in [6.45, 7) is 1.53. The number of carboxylic acid groups (broad SMARTS) is 1. The maximum absolute atomic E-state index is 11.0. The molecule has 1 atom stereocenters. The number of carbonyl (C=O) groups is 1. The fourth-order valence-electron chi connectivity index (χ4n) is 1.15. The highest BCUT2D eigenvalue weighted by atomic mass is 16.4. The number of carboxylic acids is 1. The number of aromatic hydroxyl groups is 1. The fraction of sp³-hybridized carbons (Fsp3) is 0.333. The average molecular weight is 212 g/mol. The Morgan fingerprint density at radius 3 is 2.80 bits per heavy atom. The third kappa shape index (κ3) is 2.35. The number of hydrogen-bond donors (Lipinski definition) is 3. The lowest BCUT2D eigenvalue weighted by atomic mass is 10.2. The fourth-order valence-corrected chi connectivity index (χ4v) is 1.15. The molecule has 0 bridgehead atoms. The van der Waals surface area contributed by atoms with E-state index in [-0.39, 0.29) is 12.3 Å². The zero-order valence-electron chi connectivity index (χ0n) is 8.17. The number of pyridine rings is 1. The SMILES string of the molecule is Cc1c(O)c(=O)ccn1CC(N)C(=O)O. The van der Waals surface area contributed by atoms with Crippen LogP contribution in [0.15, 0.2) is 17.1 Å². The van der Waals surface area contributed by atoms with Gasteiger partial charge in [0.15, 0.2) is 5.75 Å². The van der Waals surface area contributed by atoms with Crippen molar-refractivity contribution < 1.29 is 15.0 Å². The molecule has 82 valence electrons. The second-order valence-electron chi connectivity index (χ2n) is 3.21. The molecule has 1 unspecified atom stereocenters. The Balaban J connectivity index is 3.02. The summed E-state index contributed by atoms with van der Waals surface area (Å²) in [5.74, 6) is -1.51. The van der Waals surface area contributed by atoms with Crippen molar-refractivity contribution in [3.63, 3.8) is 0 Å². The minimum absolute atomic E-state index is 0.00894. The first-order chi connectivity index (χ1) is 6.93. The molecule has 1 heterocycles. The Labute approximate surface area is 85.6 Å². The Morgan fingerprint density at radius 1 is 1.67 bits per heavy atom. The van der Waals surface area contributed by atoms with Crippen LogP contribution in [0.4, 0.5) is 0 Å². The minimum atomic E-state index is -1.13. The van der Waals surface area contributed by atoms with E-state index >= 15 is 0 Å². The number of nitrogens with two attached hydrogens (primary N) is 1. The van der Waals surface area contributed by atoms with Crippen LogP contribution in [0.25, 0.3) is 0 Å². The molecule has 0 fully saturated rings. The highest BCUT2D eigenvalue weighted by molar-refractivity contribution is 5.72. The summed E-state index contributed by atoms with van der Waals surface area (Å²) in [4.78, 5) is 21.5. The molecule has 0 aliphatic heterocycles. The van der Waals surface area contributed by atoms with E-state index in [0.717, 1.165) is 6.07 Å². The van der Waals surface area contributed by atoms with Crippen molar-refractivity contribution in [1.29, 1.82) is 0 Å². The van der Waals surface area contributed by atoms with Gasteiger partial charge >= 0.3 is 5.97 Å². The molecule has 6 heteroatoms. The molecule has 0 spiro atoms. The molecule has 0 amide bonds. The van der Waals surface area contributed by atoms with Gasteiger partial charge in [0.05, 0.1) is 5.69 Å². The zero-order valence-corrected chi connectivity index (χ0v) is 8.17. The molecule has 1 aromatic rings. The monoisotopic (exact) mass is 212 g/mol. The molecular formula is C9H12N2O4. The lowest BCUT2D eigenvalue weighted by Gasteiger charge is -2.13. The van der Waals surface area contributed by atoms with E-state index in [4.69, 9.17) is 10.8 Å². The van der Waals surface area contributed by atoms with Crippen molar-refractivity contribution >= 4 is 5.97 Å². The van der Waals surface area contributed by atoms with E-state index in [1.807, 2.05) is 0 Å². The number of nitrogens with zero attached hydrogens (tertiary/aromatic N) is 1. The van der Waals surface area contributed by atoms with Crippen LogP contribution in [0, 0.1) is 6.92 Å². The van der Waals surface area contributed by atoms with E-state index < -0.39 is 17.4 Å². The van der Waals surface area contributed by atoms with Crippen LogP contribution in [-0.4, -0.2) is 26.8 Å². The largest absolute Gasteiger partial charge is 0.503 e. The third-order valence-corrected chi connectivity index (χ3v) is 2.12. The van der Waals surface area contributed by atoms with Crippen LogP contribution in [0.5, 0.6) is 5.75 Å². The average Bonchev–Trinajstić information content (AvgIpc) is 2.18. The van der Waals surface area contributed by atoms with Gasteiger partial charge in [-0.3, -0.25) is 9.59 Å². The second-order valence-corrected chi connectivity index (χ2v) is 3.21. The Hall–Kier alpha value is -1.82. The summed E-state index contributed by atoms with van der Waals surface area (Å²) in [5.41, 5.74) is 5.14. The van der Waals surface area contributed by atoms with Gasteiger partial charge < -0.3 is 20.5 Å². The minimum Gasteiger partial charge on any atom is -0.503 e. The predicted molar refractivity (Wildman–Crippen MR) is 52.7 cm³/mol.